The lowest BCUT2D eigenvalue weighted by Gasteiger charge is -2.37. The Morgan fingerprint density at radius 1 is 1.07 bits per heavy atom. The van der Waals surface area contributed by atoms with Gasteiger partial charge in [0.1, 0.15) is 5.75 Å². The Bertz CT molecular complexity index is 1080. The molecule has 1 fully saturated rings. The maximum absolute atomic E-state index is 13.7. The normalized spacial score (nSPS) is 15.7. The minimum atomic E-state index is -0.778. The highest BCUT2D eigenvalue weighted by atomic mass is 35.5. The number of amides is 1. The second kappa shape index (κ2) is 8.84. The van der Waals surface area contributed by atoms with E-state index in [4.69, 9.17) is 32.7 Å². The predicted octanol–water partition coefficient (Wildman–Crippen LogP) is 6.23. The Labute approximate surface area is 186 Å². The van der Waals surface area contributed by atoms with Crippen LogP contribution >= 0.6 is 23.2 Å². The van der Waals surface area contributed by atoms with E-state index in [0.717, 1.165) is 27.8 Å². The SMILES string of the molecule is CCOc1ccc(NC(=O)C2(c3ccc(Cl)cc3Cl)CCOCC2)c2ccccc12. The minimum Gasteiger partial charge on any atom is -0.493 e. The smallest absolute Gasteiger partial charge is 0.235 e. The van der Waals surface area contributed by atoms with Crippen molar-refractivity contribution in [3.8, 4) is 5.75 Å². The number of halogens is 2. The summed E-state index contributed by atoms with van der Waals surface area (Å²) in [5, 5.41) is 6.10. The van der Waals surface area contributed by atoms with Gasteiger partial charge in [0.25, 0.3) is 0 Å². The highest BCUT2D eigenvalue weighted by Crippen LogP contribution is 2.41. The number of carbonyl (C=O) groups excluding carboxylic acids is 1. The van der Waals surface area contributed by atoms with E-state index in [0.29, 0.717) is 42.7 Å². The van der Waals surface area contributed by atoms with E-state index in [-0.39, 0.29) is 5.91 Å². The number of fused-ring (bicyclic) bond motifs is 1. The first-order valence-electron chi connectivity index (χ1n) is 10.0. The number of benzene rings is 3. The summed E-state index contributed by atoms with van der Waals surface area (Å²) in [5.74, 6) is 0.706. The fourth-order valence-electron chi connectivity index (χ4n) is 4.12. The number of carbonyl (C=O) groups is 1. The number of nitrogens with one attached hydrogen (secondary N) is 1. The van der Waals surface area contributed by atoms with Crippen LogP contribution in [0.5, 0.6) is 5.75 Å². The van der Waals surface area contributed by atoms with Crippen molar-refractivity contribution in [2.75, 3.05) is 25.1 Å². The molecule has 3 aromatic rings. The molecule has 1 amide bonds. The molecular weight excluding hydrogens is 421 g/mol. The Morgan fingerprint density at radius 2 is 1.80 bits per heavy atom. The molecule has 4 rings (SSSR count). The van der Waals surface area contributed by atoms with Crippen LogP contribution in [0.2, 0.25) is 10.0 Å². The van der Waals surface area contributed by atoms with E-state index >= 15 is 0 Å². The van der Waals surface area contributed by atoms with Gasteiger partial charge in [-0.25, -0.2) is 0 Å². The number of hydrogen-bond acceptors (Lipinski definition) is 3. The van der Waals surface area contributed by atoms with Gasteiger partial charge in [-0.3, -0.25) is 4.79 Å². The fraction of sp³-hybridized carbons (Fsp3) is 0.292. The molecule has 3 aromatic carbocycles. The predicted molar refractivity (Wildman–Crippen MR) is 122 cm³/mol. The van der Waals surface area contributed by atoms with E-state index in [2.05, 4.69) is 5.32 Å². The zero-order valence-electron chi connectivity index (χ0n) is 16.7. The molecule has 0 radical (unpaired) electrons. The summed E-state index contributed by atoms with van der Waals surface area (Å²) in [7, 11) is 0. The van der Waals surface area contributed by atoms with Crippen LogP contribution in [0.1, 0.15) is 25.3 Å². The maximum atomic E-state index is 13.7. The molecule has 1 aliphatic heterocycles. The van der Waals surface area contributed by atoms with Gasteiger partial charge in [0.2, 0.25) is 5.91 Å². The van der Waals surface area contributed by atoms with Gasteiger partial charge in [0.15, 0.2) is 0 Å². The third-order valence-corrected chi connectivity index (χ3v) is 6.21. The van der Waals surface area contributed by atoms with Gasteiger partial charge in [0, 0.05) is 39.7 Å². The van der Waals surface area contributed by atoms with Crippen molar-refractivity contribution in [3.63, 3.8) is 0 Å². The van der Waals surface area contributed by atoms with Crippen LogP contribution < -0.4 is 10.1 Å². The van der Waals surface area contributed by atoms with E-state index in [1.807, 2.05) is 49.4 Å². The Morgan fingerprint density at radius 3 is 2.50 bits per heavy atom. The Balaban J connectivity index is 1.75. The summed E-state index contributed by atoms with van der Waals surface area (Å²) in [6.07, 6.45) is 1.10. The molecule has 0 unspecified atom stereocenters. The molecule has 1 aliphatic rings. The van der Waals surface area contributed by atoms with Crippen molar-refractivity contribution < 1.29 is 14.3 Å². The molecule has 0 bridgehead atoms. The highest BCUT2D eigenvalue weighted by molar-refractivity contribution is 6.35. The van der Waals surface area contributed by atoms with E-state index in [1.54, 1.807) is 12.1 Å². The van der Waals surface area contributed by atoms with Crippen molar-refractivity contribution in [1.29, 1.82) is 0 Å². The van der Waals surface area contributed by atoms with Gasteiger partial charge in [0.05, 0.1) is 12.0 Å². The van der Waals surface area contributed by atoms with E-state index in [9.17, 15) is 4.79 Å². The molecule has 156 valence electrons. The number of anilines is 1. The van der Waals surface area contributed by atoms with Gasteiger partial charge in [-0.1, -0.05) is 53.5 Å². The fourth-order valence-corrected chi connectivity index (χ4v) is 4.71. The molecule has 1 saturated heterocycles. The van der Waals surface area contributed by atoms with Crippen molar-refractivity contribution >= 4 is 45.6 Å². The molecule has 1 N–H and O–H groups in total. The Kier molecular flexibility index (Phi) is 6.19. The number of ether oxygens (including phenoxy) is 2. The van der Waals surface area contributed by atoms with Crippen LogP contribution in [-0.2, 0) is 14.9 Å². The maximum Gasteiger partial charge on any atom is 0.235 e. The van der Waals surface area contributed by atoms with Crippen LogP contribution in [0, 0.1) is 0 Å². The van der Waals surface area contributed by atoms with Gasteiger partial charge >= 0.3 is 0 Å². The molecule has 1 heterocycles. The van der Waals surface area contributed by atoms with Gasteiger partial charge in [-0.2, -0.15) is 0 Å². The summed E-state index contributed by atoms with van der Waals surface area (Å²) < 4.78 is 11.3. The first-order chi connectivity index (χ1) is 14.5. The summed E-state index contributed by atoms with van der Waals surface area (Å²) in [6, 6.07) is 17.0. The summed E-state index contributed by atoms with van der Waals surface area (Å²) in [5.41, 5.74) is 0.749. The molecular formula is C24H23Cl2NO3. The molecule has 4 nitrogen and oxygen atoms in total. The monoisotopic (exact) mass is 443 g/mol. The van der Waals surface area contributed by atoms with Crippen molar-refractivity contribution in [2.45, 2.75) is 25.2 Å². The summed E-state index contributed by atoms with van der Waals surface area (Å²) >= 11 is 12.6. The van der Waals surface area contributed by atoms with Crippen LogP contribution in [0.4, 0.5) is 5.69 Å². The van der Waals surface area contributed by atoms with Crippen LogP contribution in [0.25, 0.3) is 10.8 Å². The summed E-state index contributed by atoms with van der Waals surface area (Å²) in [4.78, 5) is 13.7. The average Bonchev–Trinajstić information content (AvgIpc) is 2.76. The van der Waals surface area contributed by atoms with Gasteiger partial charge < -0.3 is 14.8 Å². The third-order valence-electron chi connectivity index (χ3n) is 5.66. The Hall–Kier alpha value is -2.27. The third kappa shape index (κ3) is 3.87. The van der Waals surface area contributed by atoms with Crippen LogP contribution in [0.15, 0.2) is 54.6 Å². The van der Waals surface area contributed by atoms with Crippen molar-refractivity contribution in [2.24, 2.45) is 0 Å². The molecule has 6 heteroatoms. The zero-order chi connectivity index (χ0) is 21.1. The molecule has 0 saturated carbocycles. The van der Waals surface area contributed by atoms with Crippen molar-refractivity contribution in [3.05, 3.63) is 70.2 Å². The molecule has 0 atom stereocenters. The largest absolute Gasteiger partial charge is 0.493 e. The molecule has 0 aromatic heterocycles. The topological polar surface area (TPSA) is 47.6 Å². The quantitative estimate of drug-likeness (QED) is 0.507. The zero-order valence-corrected chi connectivity index (χ0v) is 18.2. The van der Waals surface area contributed by atoms with Crippen LogP contribution in [0.3, 0.4) is 0 Å². The van der Waals surface area contributed by atoms with Crippen LogP contribution in [-0.4, -0.2) is 25.7 Å². The molecule has 0 aliphatic carbocycles. The lowest BCUT2D eigenvalue weighted by atomic mass is 9.73. The first-order valence-corrected chi connectivity index (χ1v) is 10.8. The van der Waals surface area contributed by atoms with E-state index < -0.39 is 5.41 Å². The van der Waals surface area contributed by atoms with Crippen molar-refractivity contribution in [1.82, 2.24) is 0 Å². The summed E-state index contributed by atoms with van der Waals surface area (Å²) in [6.45, 7) is 3.52. The molecule has 0 spiro atoms. The number of rotatable bonds is 5. The van der Waals surface area contributed by atoms with Gasteiger partial charge in [-0.05, 0) is 49.6 Å². The minimum absolute atomic E-state index is 0.0932. The number of hydrogen-bond donors (Lipinski definition) is 1. The van der Waals surface area contributed by atoms with E-state index in [1.165, 1.54) is 0 Å². The standard InChI is InChI=1S/C24H23Cl2NO3/c1-2-30-22-10-9-21(17-5-3-4-6-18(17)22)27-23(28)24(11-13-29-14-12-24)19-8-7-16(25)15-20(19)26/h3-10,15H,2,11-14H2,1H3,(H,27,28). The average molecular weight is 444 g/mol. The highest BCUT2D eigenvalue weighted by Gasteiger charge is 2.43. The lowest BCUT2D eigenvalue weighted by molar-refractivity contribution is -0.125. The second-order valence-corrected chi connectivity index (χ2v) is 8.21. The molecule has 30 heavy (non-hydrogen) atoms. The second-order valence-electron chi connectivity index (χ2n) is 7.36. The first kappa shape index (κ1) is 21.0. The van der Waals surface area contributed by atoms with Gasteiger partial charge in [-0.15, -0.1) is 0 Å². The lowest BCUT2D eigenvalue weighted by Crippen LogP contribution is -2.45.